The Balaban J connectivity index is 1.31. The first-order valence-corrected chi connectivity index (χ1v) is 10.0. The first-order chi connectivity index (χ1) is 14.7. The van der Waals surface area contributed by atoms with Gasteiger partial charge in [-0.1, -0.05) is 30.3 Å². The molecule has 0 aromatic heterocycles. The summed E-state index contributed by atoms with van der Waals surface area (Å²) >= 11 is 0. The van der Waals surface area contributed by atoms with E-state index in [9.17, 15) is 9.18 Å². The number of benzene rings is 3. The summed E-state index contributed by atoms with van der Waals surface area (Å²) < 4.78 is 19.0. The molecule has 0 saturated carbocycles. The summed E-state index contributed by atoms with van der Waals surface area (Å²) in [6, 6.07) is 23.4. The number of piperazine rings is 1. The number of carbonyl (C=O) groups excluding carboxylic acids is 1. The summed E-state index contributed by atoms with van der Waals surface area (Å²) in [4.78, 5) is 16.9. The summed E-state index contributed by atoms with van der Waals surface area (Å²) in [6.45, 7) is 3.45. The number of amides is 1. The molecule has 3 aromatic carbocycles. The van der Waals surface area contributed by atoms with Crippen molar-refractivity contribution >= 4 is 17.3 Å². The number of para-hydroxylation sites is 3. The predicted molar refractivity (Wildman–Crippen MR) is 117 cm³/mol. The first-order valence-electron chi connectivity index (χ1n) is 10.0. The largest absolute Gasteiger partial charge is 0.455 e. The molecule has 0 radical (unpaired) electrons. The van der Waals surface area contributed by atoms with E-state index in [1.54, 1.807) is 12.1 Å². The maximum Gasteiger partial charge on any atom is 0.238 e. The zero-order chi connectivity index (χ0) is 20.8. The second kappa shape index (κ2) is 9.41. The highest BCUT2D eigenvalue weighted by atomic mass is 19.1. The number of nitrogens with one attached hydrogen (secondary N) is 1. The second-order valence-corrected chi connectivity index (χ2v) is 7.20. The van der Waals surface area contributed by atoms with Crippen molar-refractivity contribution in [3.05, 3.63) is 84.7 Å². The van der Waals surface area contributed by atoms with E-state index in [4.69, 9.17) is 4.74 Å². The molecule has 0 spiro atoms. The standard InChI is InChI=1S/C24H24FN3O2/c25-19-10-12-20(13-11-19)28-16-14-27(15-17-28)18-24(29)26-22-8-4-5-9-23(22)30-21-6-2-1-3-7-21/h1-13H,14-18H2,(H,26,29). The Kier molecular flexibility index (Phi) is 6.25. The van der Waals surface area contributed by atoms with Gasteiger partial charge >= 0.3 is 0 Å². The fourth-order valence-electron chi connectivity index (χ4n) is 3.48. The van der Waals surface area contributed by atoms with Crippen LogP contribution >= 0.6 is 0 Å². The SMILES string of the molecule is O=C(CN1CCN(c2ccc(F)cc2)CC1)Nc1ccccc1Oc1ccccc1. The van der Waals surface area contributed by atoms with Crippen molar-refractivity contribution in [2.45, 2.75) is 0 Å². The Hall–Kier alpha value is -3.38. The first kappa shape index (κ1) is 19.9. The van der Waals surface area contributed by atoms with Crippen molar-refractivity contribution in [2.75, 3.05) is 42.9 Å². The molecular formula is C24H24FN3O2. The number of ether oxygens (including phenoxy) is 1. The average Bonchev–Trinajstić information content (AvgIpc) is 2.77. The van der Waals surface area contributed by atoms with Crippen LogP contribution in [0.2, 0.25) is 0 Å². The number of rotatable bonds is 6. The molecule has 0 aliphatic carbocycles. The monoisotopic (exact) mass is 405 g/mol. The zero-order valence-electron chi connectivity index (χ0n) is 16.6. The molecule has 1 amide bonds. The summed E-state index contributed by atoms with van der Waals surface area (Å²) in [6.07, 6.45) is 0. The lowest BCUT2D eigenvalue weighted by atomic mass is 10.2. The minimum atomic E-state index is -0.231. The number of anilines is 2. The van der Waals surface area contributed by atoms with Gasteiger partial charge in [-0.15, -0.1) is 0 Å². The van der Waals surface area contributed by atoms with E-state index in [-0.39, 0.29) is 11.7 Å². The van der Waals surface area contributed by atoms with Gasteiger partial charge in [-0.3, -0.25) is 9.69 Å². The molecule has 0 bridgehead atoms. The van der Waals surface area contributed by atoms with E-state index < -0.39 is 0 Å². The van der Waals surface area contributed by atoms with Gasteiger partial charge in [0.05, 0.1) is 12.2 Å². The third-order valence-electron chi connectivity index (χ3n) is 5.06. The molecule has 4 rings (SSSR count). The number of nitrogens with zero attached hydrogens (tertiary/aromatic N) is 2. The normalized spacial score (nSPS) is 14.4. The smallest absolute Gasteiger partial charge is 0.238 e. The van der Waals surface area contributed by atoms with Crippen LogP contribution in [0.5, 0.6) is 11.5 Å². The zero-order valence-corrected chi connectivity index (χ0v) is 16.6. The van der Waals surface area contributed by atoms with Gasteiger partial charge < -0.3 is 15.0 Å². The van der Waals surface area contributed by atoms with Crippen molar-refractivity contribution in [1.82, 2.24) is 4.90 Å². The van der Waals surface area contributed by atoms with Crippen LogP contribution < -0.4 is 15.0 Å². The second-order valence-electron chi connectivity index (χ2n) is 7.20. The Labute approximate surface area is 175 Å². The van der Waals surface area contributed by atoms with Gasteiger partial charge in [-0.25, -0.2) is 4.39 Å². The molecule has 5 nitrogen and oxygen atoms in total. The van der Waals surface area contributed by atoms with Crippen LogP contribution in [0.15, 0.2) is 78.9 Å². The molecule has 1 aliphatic heterocycles. The molecular weight excluding hydrogens is 381 g/mol. The molecule has 6 heteroatoms. The molecule has 0 atom stereocenters. The minimum absolute atomic E-state index is 0.0747. The summed E-state index contributed by atoms with van der Waals surface area (Å²) in [7, 11) is 0. The fraction of sp³-hybridized carbons (Fsp3) is 0.208. The van der Waals surface area contributed by atoms with Gasteiger partial charge in [-0.05, 0) is 48.5 Å². The highest BCUT2D eigenvalue weighted by molar-refractivity contribution is 5.93. The molecule has 1 heterocycles. The van der Waals surface area contributed by atoms with E-state index >= 15 is 0 Å². The highest BCUT2D eigenvalue weighted by Gasteiger charge is 2.20. The van der Waals surface area contributed by atoms with E-state index in [2.05, 4.69) is 15.1 Å². The minimum Gasteiger partial charge on any atom is -0.455 e. The summed E-state index contributed by atoms with van der Waals surface area (Å²) in [5.74, 6) is 1.02. The van der Waals surface area contributed by atoms with Crippen molar-refractivity contribution < 1.29 is 13.9 Å². The Morgan fingerprint density at radius 3 is 2.27 bits per heavy atom. The van der Waals surface area contributed by atoms with Gasteiger partial charge in [0.2, 0.25) is 5.91 Å². The van der Waals surface area contributed by atoms with Crippen LogP contribution in [-0.4, -0.2) is 43.5 Å². The van der Waals surface area contributed by atoms with Crippen molar-refractivity contribution in [2.24, 2.45) is 0 Å². The van der Waals surface area contributed by atoms with E-state index in [1.807, 2.05) is 54.6 Å². The lowest BCUT2D eigenvalue weighted by Crippen LogP contribution is -2.48. The van der Waals surface area contributed by atoms with Crippen molar-refractivity contribution in [3.8, 4) is 11.5 Å². The van der Waals surface area contributed by atoms with Crippen LogP contribution in [0, 0.1) is 5.82 Å². The van der Waals surface area contributed by atoms with Crippen molar-refractivity contribution in [1.29, 1.82) is 0 Å². The van der Waals surface area contributed by atoms with Crippen LogP contribution in [0.3, 0.4) is 0 Å². The highest BCUT2D eigenvalue weighted by Crippen LogP contribution is 2.29. The number of carbonyl (C=O) groups is 1. The van der Waals surface area contributed by atoms with E-state index in [0.29, 0.717) is 18.0 Å². The topological polar surface area (TPSA) is 44.8 Å². The molecule has 1 fully saturated rings. The van der Waals surface area contributed by atoms with Gasteiger partial charge in [-0.2, -0.15) is 0 Å². The van der Waals surface area contributed by atoms with Crippen molar-refractivity contribution in [3.63, 3.8) is 0 Å². The lowest BCUT2D eigenvalue weighted by Gasteiger charge is -2.35. The lowest BCUT2D eigenvalue weighted by molar-refractivity contribution is -0.117. The van der Waals surface area contributed by atoms with E-state index in [0.717, 1.165) is 37.6 Å². The third kappa shape index (κ3) is 5.15. The molecule has 0 unspecified atom stereocenters. The molecule has 154 valence electrons. The van der Waals surface area contributed by atoms with Crippen LogP contribution in [0.1, 0.15) is 0 Å². The molecule has 30 heavy (non-hydrogen) atoms. The average molecular weight is 405 g/mol. The Morgan fingerprint density at radius 2 is 1.53 bits per heavy atom. The van der Waals surface area contributed by atoms with Crippen LogP contribution in [0.4, 0.5) is 15.8 Å². The van der Waals surface area contributed by atoms with Gasteiger partial charge in [0.15, 0.2) is 5.75 Å². The fourth-order valence-corrected chi connectivity index (χ4v) is 3.48. The Bertz CT molecular complexity index is 971. The maximum absolute atomic E-state index is 13.1. The maximum atomic E-state index is 13.1. The van der Waals surface area contributed by atoms with Gasteiger partial charge in [0, 0.05) is 31.9 Å². The van der Waals surface area contributed by atoms with Crippen LogP contribution in [0.25, 0.3) is 0 Å². The van der Waals surface area contributed by atoms with Crippen LogP contribution in [-0.2, 0) is 4.79 Å². The molecule has 1 aliphatic rings. The third-order valence-corrected chi connectivity index (χ3v) is 5.06. The summed E-state index contributed by atoms with van der Waals surface area (Å²) in [5, 5.41) is 2.97. The molecule has 1 N–H and O–H groups in total. The summed E-state index contributed by atoms with van der Waals surface area (Å²) in [5.41, 5.74) is 1.66. The molecule has 3 aromatic rings. The number of hydrogen-bond donors (Lipinski definition) is 1. The number of hydrogen-bond acceptors (Lipinski definition) is 4. The van der Waals surface area contributed by atoms with Gasteiger partial charge in [0.25, 0.3) is 0 Å². The molecule has 1 saturated heterocycles. The van der Waals surface area contributed by atoms with Gasteiger partial charge in [0.1, 0.15) is 11.6 Å². The predicted octanol–water partition coefficient (Wildman–Crippen LogP) is 4.38. The Morgan fingerprint density at radius 1 is 0.867 bits per heavy atom. The number of halogens is 1. The van der Waals surface area contributed by atoms with E-state index in [1.165, 1.54) is 12.1 Å². The quantitative estimate of drug-likeness (QED) is 0.661.